The number of nitrogens with zero attached hydrogens (tertiary/aromatic N) is 6. The van der Waals surface area contributed by atoms with Crippen molar-refractivity contribution in [3.8, 4) is 23.0 Å². The number of halogens is 8. The lowest BCUT2D eigenvalue weighted by molar-refractivity contribution is -0.275. The maximum atomic E-state index is 12.2. The number of aromatic nitrogens is 4. The van der Waals surface area contributed by atoms with Crippen LogP contribution in [0, 0.1) is 0 Å². The van der Waals surface area contributed by atoms with Crippen molar-refractivity contribution in [3.05, 3.63) is 95.0 Å². The summed E-state index contributed by atoms with van der Waals surface area (Å²) in [6.45, 7) is 0. The van der Waals surface area contributed by atoms with Gasteiger partial charge in [0.25, 0.3) is 0 Å². The van der Waals surface area contributed by atoms with Crippen molar-refractivity contribution in [2.45, 2.75) is 37.8 Å². The van der Waals surface area contributed by atoms with Gasteiger partial charge in [0.1, 0.15) is 24.2 Å². The van der Waals surface area contributed by atoms with Crippen LogP contribution in [0.15, 0.2) is 84.2 Å². The molecular weight excluding hydrogens is 701 g/mol. The topological polar surface area (TPSA) is 132 Å². The van der Waals surface area contributed by atoms with E-state index in [-0.39, 0.29) is 22.9 Å². The zero-order valence-corrected chi connectivity index (χ0v) is 25.2. The molecule has 0 bridgehead atoms. The molecule has 0 saturated carbocycles. The van der Waals surface area contributed by atoms with Gasteiger partial charge in [-0.05, 0) is 35.4 Å². The second kappa shape index (κ2) is 14.8. The molecule has 0 fully saturated rings. The highest BCUT2D eigenvalue weighted by Crippen LogP contribution is 2.37. The molecule has 2 aliphatic rings. The van der Waals surface area contributed by atoms with Crippen molar-refractivity contribution in [2.75, 3.05) is 0 Å². The van der Waals surface area contributed by atoms with Crippen LogP contribution < -0.4 is 18.9 Å². The predicted molar refractivity (Wildman–Crippen MR) is 153 cm³/mol. The molecule has 0 unspecified atom stereocenters. The summed E-state index contributed by atoms with van der Waals surface area (Å²) in [5.74, 6) is 0.414. The highest BCUT2D eigenvalue weighted by atomic mass is 35.5. The molecule has 2 aromatic heterocycles. The summed E-state index contributed by atoms with van der Waals surface area (Å²) in [7, 11) is 0. The van der Waals surface area contributed by atoms with Gasteiger partial charge in [-0.1, -0.05) is 45.6 Å². The SMILES string of the molecule is FC(F)(F)Oc1ccc([C@@H]2CC(Oc3cncnc3)=NO2)cc1Cl.FC(F)(F)Oc1ccc([C@H]2CC(Oc3cncnc3)=NO2)cc1Cl. The summed E-state index contributed by atoms with van der Waals surface area (Å²) < 4.78 is 91.9. The van der Waals surface area contributed by atoms with Gasteiger partial charge in [-0.15, -0.1) is 26.3 Å². The van der Waals surface area contributed by atoms with Gasteiger partial charge in [0, 0.05) is 0 Å². The van der Waals surface area contributed by atoms with Gasteiger partial charge in [0.2, 0.25) is 11.8 Å². The monoisotopic (exact) mass is 718 g/mol. The van der Waals surface area contributed by atoms with E-state index < -0.39 is 36.4 Å². The van der Waals surface area contributed by atoms with Gasteiger partial charge in [-0.2, -0.15) is 0 Å². The van der Waals surface area contributed by atoms with Crippen LogP contribution in [0.2, 0.25) is 10.0 Å². The maximum absolute atomic E-state index is 12.2. The fourth-order valence-corrected chi connectivity index (χ4v) is 4.44. The van der Waals surface area contributed by atoms with Crippen molar-refractivity contribution in [1.29, 1.82) is 0 Å². The molecule has 0 spiro atoms. The zero-order valence-electron chi connectivity index (χ0n) is 23.7. The van der Waals surface area contributed by atoms with Gasteiger partial charge < -0.3 is 28.6 Å². The Morgan fingerprint density at radius 2 is 0.979 bits per heavy atom. The first-order chi connectivity index (χ1) is 22.8. The highest BCUT2D eigenvalue weighted by molar-refractivity contribution is 6.32. The summed E-state index contributed by atoms with van der Waals surface area (Å²) in [6.07, 6.45) is -1.55. The molecule has 4 aromatic rings. The van der Waals surface area contributed by atoms with Gasteiger partial charge in [-0.3, -0.25) is 0 Å². The molecule has 0 aliphatic carbocycles. The lowest BCUT2D eigenvalue weighted by atomic mass is 10.1. The lowest BCUT2D eigenvalue weighted by Gasteiger charge is -2.13. The molecule has 0 amide bonds. The van der Waals surface area contributed by atoms with Crippen LogP contribution in [-0.4, -0.2) is 44.5 Å². The molecular formula is C28H18Cl2F6N6O6. The number of hydrogen-bond donors (Lipinski definition) is 0. The molecule has 12 nitrogen and oxygen atoms in total. The summed E-state index contributed by atoms with van der Waals surface area (Å²) in [5.41, 5.74) is 1.09. The zero-order chi connectivity index (χ0) is 34.3. The normalized spacial score (nSPS) is 17.2. The van der Waals surface area contributed by atoms with Gasteiger partial charge in [0.05, 0.1) is 47.7 Å². The molecule has 4 heterocycles. The largest absolute Gasteiger partial charge is 0.573 e. The summed E-state index contributed by atoms with van der Waals surface area (Å²) in [4.78, 5) is 25.6. The van der Waals surface area contributed by atoms with Crippen molar-refractivity contribution in [3.63, 3.8) is 0 Å². The van der Waals surface area contributed by atoms with Crippen molar-refractivity contribution >= 4 is 35.0 Å². The predicted octanol–water partition coefficient (Wildman–Crippen LogP) is 7.77. The Morgan fingerprint density at radius 3 is 1.31 bits per heavy atom. The number of rotatable bonds is 6. The van der Waals surface area contributed by atoms with E-state index in [9.17, 15) is 26.3 Å². The van der Waals surface area contributed by atoms with Crippen molar-refractivity contribution in [2.24, 2.45) is 10.3 Å². The molecule has 252 valence electrons. The summed E-state index contributed by atoms with van der Waals surface area (Å²) in [6, 6.07) is 7.75. The van der Waals surface area contributed by atoms with Gasteiger partial charge >= 0.3 is 12.7 Å². The van der Waals surface area contributed by atoms with Crippen LogP contribution in [0.3, 0.4) is 0 Å². The molecule has 20 heteroatoms. The molecule has 2 atom stereocenters. The van der Waals surface area contributed by atoms with Crippen LogP contribution >= 0.6 is 23.2 Å². The third kappa shape index (κ3) is 9.95. The number of ether oxygens (including phenoxy) is 4. The number of alkyl halides is 6. The minimum Gasteiger partial charge on any atom is -0.436 e. The first kappa shape index (κ1) is 34.2. The van der Waals surface area contributed by atoms with E-state index in [1.165, 1.54) is 61.7 Å². The van der Waals surface area contributed by atoms with Crippen LogP contribution in [0.4, 0.5) is 26.3 Å². The van der Waals surface area contributed by atoms with Crippen LogP contribution in [-0.2, 0) is 9.68 Å². The van der Waals surface area contributed by atoms with E-state index in [2.05, 4.69) is 39.7 Å². The Hall–Kier alpha value is -5.10. The van der Waals surface area contributed by atoms with E-state index in [1.807, 2.05) is 0 Å². The summed E-state index contributed by atoms with van der Waals surface area (Å²) in [5, 5.41) is 7.21. The summed E-state index contributed by atoms with van der Waals surface area (Å²) >= 11 is 11.6. The molecule has 48 heavy (non-hydrogen) atoms. The van der Waals surface area contributed by atoms with E-state index in [4.69, 9.17) is 42.4 Å². The Bertz CT molecular complexity index is 1640. The molecule has 0 radical (unpaired) electrons. The maximum Gasteiger partial charge on any atom is 0.573 e. The Labute approximate surface area is 275 Å². The van der Waals surface area contributed by atoms with Crippen LogP contribution in [0.5, 0.6) is 23.0 Å². The van der Waals surface area contributed by atoms with E-state index >= 15 is 0 Å². The second-order valence-electron chi connectivity index (χ2n) is 9.39. The molecule has 2 aromatic carbocycles. The molecule has 0 N–H and O–H groups in total. The third-order valence-corrected chi connectivity index (χ3v) is 6.53. The molecule has 2 aliphatic heterocycles. The van der Waals surface area contributed by atoms with E-state index in [0.29, 0.717) is 34.4 Å². The number of benzene rings is 2. The van der Waals surface area contributed by atoms with Crippen molar-refractivity contribution < 1.29 is 55.0 Å². The standard InChI is InChI=1S/2C14H9ClF3N3O3/c2*15-10-3-8(1-2-11(10)23-14(16,17)18)12-4-13(21-24-12)22-9-5-19-7-20-6-9/h2*1-3,5-7,12H,4H2/t2*12-/m10/s1. The van der Waals surface area contributed by atoms with Crippen LogP contribution in [0.1, 0.15) is 36.2 Å². The minimum atomic E-state index is -4.81. The smallest absolute Gasteiger partial charge is 0.436 e. The number of oxime groups is 2. The van der Waals surface area contributed by atoms with E-state index in [0.717, 1.165) is 12.1 Å². The Morgan fingerprint density at radius 1 is 0.604 bits per heavy atom. The Balaban J connectivity index is 0.000000188. The minimum absolute atomic E-state index is 0.181. The van der Waals surface area contributed by atoms with Gasteiger partial charge in [-0.25, -0.2) is 19.9 Å². The average molecular weight is 719 g/mol. The first-order valence-corrected chi connectivity index (χ1v) is 14.0. The number of hydrogen-bond acceptors (Lipinski definition) is 12. The fraction of sp³-hybridized carbons (Fsp3) is 0.214. The second-order valence-corrected chi connectivity index (χ2v) is 10.2. The molecule has 0 saturated heterocycles. The molecule has 6 rings (SSSR count). The highest BCUT2D eigenvalue weighted by Gasteiger charge is 2.34. The fourth-order valence-electron chi connectivity index (χ4n) is 3.99. The third-order valence-electron chi connectivity index (χ3n) is 5.94. The first-order valence-electron chi connectivity index (χ1n) is 13.2. The van der Waals surface area contributed by atoms with Gasteiger partial charge in [0.15, 0.2) is 23.7 Å². The Kier molecular flexibility index (Phi) is 10.5. The lowest BCUT2D eigenvalue weighted by Crippen LogP contribution is -2.17. The van der Waals surface area contributed by atoms with Crippen molar-refractivity contribution in [1.82, 2.24) is 19.9 Å². The average Bonchev–Trinajstić information content (AvgIpc) is 3.69. The quantitative estimate of drug-likeness (QED) is 0.182. The van der Waals surface area contributed by atoms with Crippen LogP contribution in [0.25, 0.3) is 0 Å². The van der Waals surface area contributed by atoms with E-state index in [1.54, 1.807) is 0 Å².